The molecule has 0 atom stereocenters. The molecule has 0 saturated heterocycles. The SMILES string of the molecule is COc1ccc(S(=O)(=O)N(CC(=O)N/N=C(/C)c2cccs2)c2cccc(Cl)c2)cc1. The van der Waals surface area contributed by atoms with Crippen LogP contribution in [-0.4, -0.2) is 33.7 Å². The normalized spacial score (nSPS) is 11.8. The Hall–Kier alpha value is -2.88. The second kappa shape index (κ2) is 9.95. The van der Waals surface area contributed by atoms with Gasteiger partial charge in [0.2, 0.25) is 0 Å². The van der Waals surface area contributed by atoms with E-state index in [9.17, 15) is 13.2 Å². The van der Waals surface area contributed by atoms with Gasteiger partial charge in [-0.15, -0.1) is 11.3 Å². The summed E-state index contributed by atoms with van der Waals surface area (Å²) in [4.78, 5) is 13.5. The molecule has 1 N–H and O–H groups in total. The number of ether oxygens (including phenoxy) is 1. The molecule has 3 rings (SSSR count). The lowest BCUT2D eigenvalue weighted by Crippen LogP contribution is -2.39. The molecule has 1 heterocycles. The number of hydrazone groups is 1. The Morgan fingerprint density at radius 3 is 2.52 bits per heavy atom. The number of hydrogen-bond acceptors (Lipinski definition) is 6. The maximum atomic E-state index is 13.3. The maximum Gasteiger partial charge on any atom is 0.264 e. The van der Waals surface area contributed by atoms with Gasteiger partial charge >= 0.3 is 0 Å². The first kappa shape index (κ1) is 22.8. The van der Waals surface area contributed by atoms with Gasteiger partial charge in [0.05, 0.1) is 23.4 Å². The number of amides is 1. The van der Waals surface area contributed by atoms with Crippen molar-refractivity contribution in [3.63, 3.8) is 0 Å². The van der Waals surface area contributed by atoms with Gasteiger partial charge < -0.3 is 4.74 Å². The Morgan fingerprint density at radius 2 is 1.90 bits per heavy atom. The van der Waals surface area contributed by atoms with Crippen molar-refractivity contribution in [1.82, 2.24) is 5.43 Å². The molecule has 0 aliphatic rings. The van der Waals surface area contributed by atoms with Crippen LogP contribution in [0.3, 0.4) is 0 Å². The summed E-state index contributed by atoms with van der Waals surface area (Å²) < 4.78 is 32.7. The van der Waals surface area contributed by atoms with Crippen molar-refractivity contribution in [2.24, 2.45) is 5.10 Å². The van der Waals surface area contributed by atoms with Crippen LogP contribution < -0.4 is 14.5 Å². The lowest BCUT2D eigenvalue weighted by atomic mass is 10.3. The predicted octanol–water partition coefficient (Wildman–Crippen LogP) is 4.15. The molecule has 7 nitrogen and oxygen atoms in total. The van der Waals surface area contributed by atoms with Crippen molar-refractivity contribution in [2.45, 2.75) is 11.8 Å². The van der Waals surface area contributed by atoms with Gasteiger partial charge in [-0.2, -0.15) is 5.10 Å². The van der Waals surface area contributed by atoms with Crippen LogP contribution in [0.1, 0.15) is 11.8 Å². The Kier molecular flexibility index (Phi) is 7.32. The third-order valence-electron chi connectivity index (χ3n) is 4.26. The van der Waals surface area contributed by atoms with Gasteiger partial charge in [-0.3, -0.25) is 9.10 Å². The monoisotopic (exact) mass is 477 g/mol. The van der Waals surface area contributed by atoms with Crippen molar-refractivity contribution >= 4 is 50.3 Å². The van der Waals surface area contributed by atoms with Gasteiger partial charge in [0.25, 0.3) is 15.9 Å². The van der Waals surface area contributed by atoms with Crippen LogP contribution in [-0.2, 0) is 14.8 Å². The second-order valence-electron chi connectivity index (χ2n) is 6.38. The molecule has 10 heteroatoms. The quantitative estimate of drug-likeness (QED) is 0.390. The highest BCUT2D eigenvalue weighted by atomic mass is 35.5. The molecule has 0 saturated carbocycles. The molecule has 0 aliphatic carbocycles. The van der Waals surface area contributed by atoms with Crippen molar-refractivity contribution in [3.8, 4) is 5.75 Å². The van der Waals surface area contributed by atoms with Crippen LogP contribution >= 0.6 is 22.9 Å². The van der Waals surface area contributed by atoms with E-state index in [1.807, 2.05) is 17.5 Å². The number of methoxy groups -OCH3 is 1. The summed E-state index contributed by atoms with van der Waals surface area (Å²) in [7, 11) is -2.57. The average Bonchev–Trinajstić information content (AvgIpc) is 3.31. The highest BCUT2D eigenvalue weighted by Crippen LogP contribution is 2.27. The fourth-order valence-electron chi connectivity index (χ4n) is 2.67. The molecule has 162 valence electrons. The first-order chi connectivity index (χ1) is 14.8. The molecule has 0 bridgehead atoms. The number of anilines is 1. The van der Waals surface area contributed by atoms with Gasteiger partial charge in [-0.25, -0.2) is 13.8 Å². The summed E-state index contributed by atoms with van der Waals surface area (Å²) >= 11 is 7.55. The lowest BCUT2D eigenvalue weighted by molar-refractivity contribution is -0.119. The Labute approximate surface area is 190 Å². The van der Waals surface area contributed by atoms with E-state index in [0.29, 0.717) is 16.5 Å². The van der Waals surface area contributed by atoms with Crippen LogP contribution in [0.15, 0.2) is 76.0 Å². The highest BCUT2D eigenvalue weighted by Gasteiger charge is 2.27. The van der Waals surface area contributed by atoms with E-state index in [0.717, 1.165) is 9.18 Å². The topological polar surface area (TPSA) is 88.1 Å². The van der Waals surface area contributed by atoms with Gasteiger partial charge in [0.15, 0.2) is 0 Å². The summed E-state index contributed by atoms with van der Waals surface area (Å²) in [5.41, 5.74) is 3.31. The zero-order valence-electron chi connectivity index (χ0n) is 16.8. The van der Waals surface area contributed by atoms with Crippen LogP contribution in [0.25, 0.3) is 0 Å². The molecule has 0 unspecified atom stereocenters. The van der Waals surface area contributed by atoms with E-state index >= 15 is 0 Å². The number of sulfonamides is 1. The van der Waals surface area contributed by atoms with Gasteiger partial charge in [0, 0.05) is 9.90 Å². The van der Waals surface area contributed by atoms with Gasteiger partial charge in [0.1, 0.15) is 12.3 Å². The number of carbonyl (C=O) groups is 1. The second-order valence-corrected chi connectivity index (χ2v) is 9.62. The Balaban J connectivity index is 1.89. The first-order valence-corrected chi connectivity index (χ1v) is 11.8. The molecule has 0 radical (unpaired) electrons. The van der Waals surface area contributed by atoms with Crippen molar-refractivity contribution in [2.75, 3.05) is 18.0 Å². The molecule has 0 spiro atoms. The molecular weight excluding hydrogens is 458 g/mol. The highest BCUT2D eigenvalue weighted by molar-refractivity contribution is 7.92. The first-order valence-electron chi connectivity index (χ1n) is 9.10. The molecule has 1 aromatic heterocycles. The number of nitrogens with zero attached hydrogens (tertiary/aromatic N) is 2. The summed E-state index contributed by atoms with van der Waals surface area (Å²) in [6, 6.07) is 16.0. The standard InChI is InChI=1S/C21H20ClN3O4S2/c1-15(20-7-4-12-30-20)23-24-21(26)14-25(17-6-3-5-16(22)13-17)31(27,28)19-10-8-18(29-2)9-11-19/h3-13H,14H2,1-2H3,(H,24,26)/b23-15-. The van der Waals surface area contributed by atoms with Crippen molar-refractivity contribution in [1.29, 1.82) is 0 Å². The zero-order valence-corrected chi connectivity index (χ0v) is 19.2. The zero-order chi connectivity index (χ0) is 22.4. The van der Waals surface area contributed by atoms with E-state index in [-0.39, 0.29) is 10.6 Å². The molecule has 2 aromatic carbocycles. The number of carbonyl (C=O) groups excluding carboxylic acids is 1. The molecule has 0 fully saturated rings. The van der Waals surface area contributed by atoms with Gasteiger partial charge in [-0.05, 0) is 60.8 Å². The fourth-order valence-corrected chi connectivity index (χ4v) is 4.95. The number of rotatable bonds is 8. The Morgan fingerprint density at radius 1 is 1.16 bits per heavy atom. The summed E-state index contributed by atoms with van der Waals surface area (Å²) in [6.45, 7) is 1.28. The molecule has 0 aliphatic heterocycles. The van der Waals surface area contributed by atoms with Crippen LogP contribution in [0.5, 0.6) is 5.75 Å². The number of halogens is 1. The minimum absolute atomic E-state index is 0.0133. The largest absolute Gasteiger partial charge is 0.497 e. The predicted molar refractivity (Wildman–Crippen MR) is 124 cm³/mol. The third kappa shape index (κ3) is 5.63. The van der Waals surface area contributed by atoms with Crippen LogP contribution in [0.2, 0.25) is 5.02 Å². The number of thiophene rings is 1. The summed E-state index contributed by atoms with van der Waals surface area (Å²) in [5.74, 6) is -0.0719. The maximum absolute atomic E-state index is 13.3. The minimum Gasteiger partial charge on any atom is -0.497 e. The molecular formula is C21H20ClN3O4S2. The van der Waals surface area contributed by atoms with E-state index in [2.05, 4.69) is 10.5 Å². The number of benzene rings is 2. The minimum atomic E-state index is -4.06. The Bertz CT molecular complexity index is 1180. The van der Waals surface area contributed by atoms with Crippen LogP contribution in [0.4, 0.5) is 5.69 Å². The third-order valence-corrected chi connectivity index (χ3v) is 7.26. The van der Waals surface area contributed by atoms with Crippen LogP contribution in [0, 0.1) is 0 Å². The van der Waals surface area contributed by atoms with E-state index in [1.54, 1.807) is 25.1 Å². The lowest BCUT2D eigenvalue weighted by Gasteiger charge is -2.24. The average molecular weight is 478 g/mol. The van der Waals surface area contributed by atoms with Gasteiger partial charge in [-0.1, -0.05) is 23.7 Å². The molecule has 1 amide bonds. The number of hydrogen-bond donors (Lipinski definition) is 1. The molecule has 3 aromatic rings. The summed E-state index contributed by atoms with van der Waals surface area (Å²) in [5, 5.41) is 6.32. The summed E-state index contributed by atoms with van der Waals surface area (Å²) in [6.07, 6.45) is 0. The van der Waals surface area contributed by atoms with Crippen molar-refractivity contribution < 1.29 is 17.9 Å². The fraction of sp³-hybridized carbons (Fsp3) is 0.143. The van der Waals surface area contributed by atoms with E-state index < -0.39 is 22.5 Å². The van der Waals surface area contributed by atoms with E-state index in [4.69, 9.17) is 16.3 Å². The number of nitrogens with one attached hydrogen (secondary N) is 1. The molecule has 31 heavy (non-hydrogen) atoms. The smallest absolute Gasteiger partial charge is 0.264 e. The van der Waals surface area contributed by atoms with Crippen molar-refractivity contribution in [3.05, 3.63) is 75.9 Å². The van der Waals surface area contributed by atoms with E-state index in [1.165, 1.54) is 48.8 Å².